The number of urea groups is 1. The summed E-state index contributed by atoms with van der Waals surface area (Å²) in [5.74, 6) is -1.28. The lowest BCUT2D eigenvalue weighted by Gasteiger charge is -2.26. The van der Waals surface area contributed by atoms with E-state index in [1.807, 2.05) is 79.1 Å². The Bertz CT molecular complexity index is 1230. The number of barbiturate groups is 1. The number of amides is 4. The monoisotopic (exact) mass is 447 g/mol. The van der Waals surface area contributed by atoms with E-state index in [0.717, 1.165) is 33.1 Å². The third-order valence-corrected chi connectivity index (χ3v) is 5.76. The lowest BCUT2D eigenvalue weighted by atomic mass is 10.1. The fourth-order valence-corrected chi connectivity index (χ4v) is 3.99. The molecule has 0 unspecified atom stereocenters. The normalized spacial score (nSPS) is 15.4. The van der Waals surface area contributed by atoms with Crippen molar-refractivity contribution in [2.75, 3.05) is 6.54 Å². The van der Waals surface area contributed by atoms with Gasteiger partial charge in [-0.05, 0) is 67.8 Å². The lowest BCUT2D eigenvalue weighted by Crippen LogP contribution is -2.54. The Hall–Kier alpha value is -3.64. The zero-order valence-electron chi connectivity index (χ0n) is 17.8. The van der Waals surface area contributed by atoms with E-state index < -0.39 is 17.8 Å². The Kier molecular flexibility index (Phi) is 5.97. The summed E-state index contributed by atoms with van der Waals surface area (Å²) in [6.07, 6.45) is 2.06. The Labute approximate surface area is 191 Å². The zero-order chi connectivity index (χ0) is 22.8. The van der Waals surface area contributed by atoms with Crippen molar-refractivity contribution in [3.8, 4) is 5.69 Å². The molecule has 1 aromatic heterocycles. The summed E-state index contributed by atoms with van der Waals surface area (Å²) < 4.78 is 2.02. The lowest BCUT2D eigenvalue weighted by molar-refractivity contribution is -0.130. The van der Waals surface area contributed by atoms with Gasteiger partial charge < -0.3 is 4.57 Å². The van der Waals surface area contributed by atoms with Crippen LogP contribution in [0.1, 0.15) is 22.5 Å². The highest BCUT2D eigenvalue weighted by molar-refractivity contribution is 6.31. The van der Waals surface area contributed by atoms with Gasteiger partial charge in [0.25, 0.3) is 11.8 Å². The van der Waals surface area contributed by atoms with Crippen LogP contribution in [-0.4, -0.2) is 33.9 Å². The molecule has 1 fully saturated rings. The number of nitrogens with zero attached hydrogens (tertiary/aromatic N) is 2. The van der Waals surface area contributed by atoms with Crippen molar-refractivity contribution in [2.45, 2.75) is 20.3 Å². The molecule has 0 atom stereocenters. The van der Waals surface area contributed by atoms with E-state index >= 15 is 0 Å². The summed E-state index contributed by atoms with van der Waals surface area (Å²) >= 11 is 6.00. The second-order valence-electron chi connectivity index (χ2n) is 7.65. The number of rotatable bonds is 5. The van der Waals surface area contributed by atoms with Crippen LogP contribution in [0.3, 0.4) is 0 Å². The Balaban J connectivity index is 1.63. The molecule has 0 radical (unpaired) electrons. The second kappa shape index (κ2) is 8.85. The first-order valence-corrected chi connectivity index (χ1v) is 10.6. The van der Waals surface area contributed by atoms with Gasteiger partial charge in [0.15, 0.2) is 0 Å². The average molecular weight is 448 g/mol. The van der Waals surface area contributed by atoms with Gasteiger partial charge in [0.1, 0.15) is 5.57 Å². The third-order valence-electron chi connectivity index (χ3n) is 5.51. The number of carbonyl (C=O) groups excluding carboxylic acids is 3. The van der Waals surface area contributed by atoms with Crippen molar-refractivity contribution in [3.05, 3.63) is 93.8 Å². The van der Waals surface area contributed by atoms with E-state index in [2.05, 4.69) is 5.32 Å². The quantitative estimate of drug-likeness (QED) is 0.464. The molecule has 4 amide bonds. The van der Waals surface area contributed by atoms with Crippen molar-refractivity contribution in [1.82, 2.24) is 14.8 Å². The van der Waals surface area contributed by atoms with E-state index in [4.69, 9.17) is 11.6 Å². The number of benzene rings is 2. The highest BCUT2D eigenvalue weighted by Gasteiger charge is 2.35. The Morgan fingerprint density at radius 3 is 2.34 bits per heavy atom. The minimum Gasteiger partial charge on any atom is -0.318 e. The van der Waals surface area contributed by atoms with Crippen LogP contribution in [-0.2, 0) is 16.0 Å². The predicted molar refractivity (Wildman–Crippen MR) is 124 cm³/mol. The van der Waals surface area contributed by atoms with Crippen LogP contribution >= 0.6 is 11.6 Å². The number of nitrogens with one attached hydrogen (secondary N) is 1. The van der Waals surface area contributed by atoms with Gasteiger partial charge in [0.2, 0.25) is 0 Å². The molecule has 0 saturated carbocycles. The Morgan fingerprint density at radius 1 is 0.969 bits per heavy atom. The van der Waals surface area contributed by atoms with Crippen molar-refractivity contribution >= 4 is 35.5 Å². The number of imide groups is 2. The summed E-state index contributed by atoms with van der Waals surface area (Å²) in [4.78, 5) is 38.9. The molecule has 2 aromatic carbocycles. The summed E-state index contributed by atoms with van der Waals surface area (Å²) in [5, 5.41) is 2.92. The van der Waals surface area contributed by atoms with Crippen molar-refractivity contribution < 1.29 is 14.4 Å². The highest BCUT2D eigenvalue weighted by atomic mass is 35.5. The standard InChI is InChI=1S/C25H22ClN3O3/c1-16-14-19(17(2)29(16)21-10-8-20(26)9-11-21)15-22-23(30)27-25(32)28(24(22)31)13-12-18-6-4-3-5-7-18/h3-11,14-15H,12-13H2,1-2H3,(H,27,30,32)/b22-15-. The molecule has 0 spiro atoms. The maximum atomic E-state index is 13.0. The third kappa shape index (κ3) is 4.22. The van der Waals surface area contributed by atoms with Crippen LogP contribution in [0.2, 0.25) is 5.02 Å². The van der Waals surface area contributed by atoms with Gasteiger partial charge >= 0.3 is 6.03 Å². The van der Waals surface area contributed by atoms with Crippen LogP contribution in [0, 0.1) is 13.8 Å². The van der Waals surface area contributed by atoms with E-state index in [1.54, 1.807) is 6.08 Å². The highest BCUT2D eigenvalue weighted by Crippen LogP contribution is 2.25. The first-order chi connectivity index (χ1) is 15.3. The van der Waals surface area contributed by atoms with E-state index in [1.165, 1.54) is 0 Å². The smallest absolute Gasteiger partial charge is 0.318 e. The number of aryl methyl sites for hydroxylation is 1. The molecule has 3 aromatic rings. The Morgan fingerprint density at radius 2 is 1.66 bits per heavy atom. The van der Waals surface area contributed by atoms with Crippen LogP contribution in [0.4, 0.5) is 4.79 Å². The summed E-state index contributed by atoms with van der Waals surface area (Å²) in [5.41, 5.74) is 4.40. The van der Waals surface area contributed by atoms with Crippen LogP contribution in [0.5, 0.6) is 0 Å². The first kappa shape index (κ1) is 21.6. The number of hydrogen-bond donors (Lipinski definition) is 1. The van der Waals surface area contributed by atoms with Crippen molar-refractivity contribution in [3.63, 3.8) is 0 Å². The molecular weight excluding hydrogens is 426 g/mol. The number of carbonyl (C=O) groups is 3. The maximum Gasteiger partial charge on any atom is 0.331 e. The molecule has 2 heterocycles. The molecule has 1 N–H and O–H groups in total. The molecule has 6 nitrogen and oxygen atoms in total. The number of hydrogen-bond acceptors (Lipinski definition) is 3. The number of aromatic nitrogens is 1. The van der Waals surface area contributed by atoms with E-state index in [-0.39, 0.29) is 12.1 Å². The SMILES string of the molecule is Cc1cc(/C=C2/C(=O)NC(=O)N(CCc3ccccc3)C2=O)c(C)n1-c1ccc(Cl)cc1. The molecule has 1 saturated heterocycles. The number of halogens is 1. The molecule has 162 valence electrons. The van der Waals surface area contributed by atoms with Crippen LogP contribution in [0.25, 0.3) is 11.8 Å². The van der Waals surface area contributed by atoms with Crippen LogP contribution < -0.4 is 5.32 Å². The van der Waals surface area contributed by atoms with Gasteiger partial charge in [-0.25, -0.2) is 4.79 Å². The minimum atomic E-state index is -0.695. The largest absolute Gasteiger partial charge is 0.331 e. The molecule has 32 heavy (non-hydrogen) atoms. The summed E-state index contributed by atoms with van der Waals surface area (Å²) in [6, 6.07) is 18.2. The first-order valence-electron chi connectivity index (χ1n) is 10.2. The summed E-state index contributed by atoms with van der Waals surface area (Å²) in [7, 11) is 0. The van der Waals surface area contributed by atoms with E-state index in [9.17, 15) is 14.4 Å². The molecule has 1 aliphatic rings. The molecule has 7 heteroatoms. The van der Waals surface area contributed by atoms with Gasteiger partial charge in [-0.3, -0.25) is 19.8 Å². The van der Waals surface area contributed by atoms with E-state index in [0.29, 0.717) is 11.4 Å². The summed E-state index contributed by atoms with van der Waals surface area (Å²) in [6.45, 7) is 4.04. The van der Waals surface area contributed by atoms with Gasteiger partial charge in [0, 0.05) is 28.6 Å². The molecule has 4 rings (SSSR count). The van der Waals surface area contributed by atoms with Crippen molar-refractivity contribution in [2.24, 2.45) is 0 Å². The predicted octanol–water partition coefficient (Wildman–Crippen LogP) is 4.45. The van der Waals surface area contributed by atoms with Gasteiger partial charge in [-0.2, -0.15) is 0 Å². The molecular formula is C25H22ClN3O3. The minimum absolute atomic E-state index is 0.0611. The molecule has 0 bridgehead atoms. The average Bonchev–Trinajstić information content (AvgIpc) is 3.05. The maximum absolute atomic E-state index is 13.0. The van der Waals surface area contributed by atoms with Crippen LogP contribution in [0.15, 0.2) is 66.2 Å². The fraction of sp³-hybridized carbons (Fsp3) is 0.160. The fourth-order valence-electron chi connectivity index (χ4n) is 3.86. The molecule has 1 aliphatic heterocycles. The topological polar surface area (TPSA) is 71.4 Å². The second-order valence-corrected chi connectivity index (χ2v) is 8.08. The van der Waals surface area contributed by atoms with Crippen molar-refractivity contribution in [1.29, 1.82) is 0 Å². The van der Waals surface area contributed by atoms with Gasteiger partial charge in [-0.15, -0.1) is 0 Å². The van der Waals surface area contributed by atoms with Gasteiger partial charge in [0.05, 0.1) is 0 Å². The van der Waals surface area contributed by atoms with Gasteiger partial charge in [-0.1, -0.05) is 41.9 Å². The zero-order valence-corrected chi connectivity index (χ0v) is 18.5. The molecule has 0 aliphatic carbocycles.